The quantitative estimate of drug-likeness (QED) is 0.757. The van der Waals surface area contributed by atoms with Crippen molar-refractivity contribution in [1.82, 2.24) is 19.1 Å². The number of amides is 1. The van der Waals surface area contributed by atoms with E-state index in [0.29, 0.717) is 6.42 Å². The Balaban J connectivity index is 1.79. The number of carbonyl (C=O) groups is 1. The lowest BCUT2D eigenvalue weighted by molar-refractivity contribution is -0.116. The smallest absolute Gasteiger partial charge is 0.224 e. The number of imidazole rings is 2. The average molecular weight is 325 g/mol. The molecule has 0 atom stereocenters. The zero-order chi connectivity index (χ0) is 17.1. The van der Waals surface area contributed by atoms with Crippen molar-refractivity contribution < 1.29 is 4.79 Å². The number of hydrogen-bond acceptors (Lipinski definition) is 3. The number of carbonyl (C=O) groups excluding carboxylic acids is 1. The van der Waals surface area contributed by atoms with Crippen LogP contribution in [0.2, 0.25) is 0 Å². The largest absolute Gasteiger partial charge is 0.335 e. The van der Waals surface area contributed by atoms with Crippen LogP contribution in [0.3, 0.4) is 0 Å². The molecule has 1 amide bonds. The van der Waals surface area contributed by atoms with Crippen molar-refractivity contribution in [3.63, 3.8) is 0 Å². The highest BCUT2D eigenvalue weighted by atomic mass is 16.1. The number of aryl methyl sites for hydroxylation is 4. The van der Waals surface area contributed by atoms with Gasteiger partial charge in [-0.1, -0.05) is 6.92 Å². The Morgan fingerprint density at radius 1 is 1.33 bits per heavy atom. The number of nitrogens with zero attached hydrogens (tertiary/aromatic N) is 4. The molecule has 2 heterocycles. The maximum Gasteiger partial charge on any atom is 0.224 e. The van der Waals surface area contributed by atoms with Crippen LogP contribution in [0.15, 0.2) is 30.6 Å². The van der Waals surface area contributed by atoms with E-state index in [1.54, 1.807) is 0 Å². The summed E-state index contributed by atoms with van der Waals surface area (Å²) >= 11 is 0. The van der Waals surface area contributed by atoms with Crippen LogP contribution in [0.25, 0.3) is 11.0 Å². The molecule has 0 fully saturated rings. The minimum atomic E-state index is 0.0450. The zero-order valence-corrected chi connectivity index (χ0v) is 14.4. The second-order valence-electron chi connectivity index (χ2n) is 6.01. The number of aromatic nitrogens is 4. The number of benzene rings is 1. The molecule has 6 heteroatoms. The Morgan fingerprint density at radius 3 is 2.88 bits per heavy atom. The van der Waals surface area contributed by atoms with Gasteiger partial charge in [0.05, 0.1) is 11.0 Å². The van der Waals surface area contributed by atoms with E-state index in [9.17, 15) is 4.79 Å². The molecule has 0 aliphatic rings. The van der Waals surface area contributed by atoms with Crippen molar-refractivity contribution in [3.05, 3.63) is 42.2 Å². The van der Waals surface area contributed by atoms with E-state index in [0.717, 1.165) is 47.8 Å². The minimum absolute atomic E-state index is 0.0450. The van der Waals surface area contributed by atoms with Crippen LogP contribution in [0.4, 0.5) is 5.69 Å². The predicted molar refractivity (Wildman–Crippen MR) is 94.9 cm³/mol. The second-order valence-corrected chi connectivity index (χ2v) is 6.01. The number of nitrogens with one attached hydrogen (secondary N) is 1. The first kappa shape index (κ1) is 16.2. The molecule has 1 aromatic carbocycles. The Kier molecular flexibility index (Phi) is 4.64. The van der Waals surface area contributed by atoms with E-state index in [1.807, 2.05) is 51.5 Å². The number of hydrogen-bond donors (Lipinski definition) is 1. The van der Waals surface area contributed by atoms with Gasteiger partial charge in [-0.2, -0.15) is 0 Å². The molecule has 24 heavy (non-hydrogen) atoms. The van der Waals surface area contributed by atoms with Gasteiger partial charge in [-0.05, 0) is 31.5 Å². The van der Waals surface area contributed by atoms with Crippen molar-refractivity contribution in [2.45, 2.75) is 39.7 Å². The molecule has 0 spiro atoms. The van der Waals surface area contributed by atoms with Crippen LogP contribution >= 0.6 is 0 Å². The second kappa shape index (κ2) is 6.86. The fourth-order valence-electron chi connectivity index (χ4n) is 2.86. The molecule has 0 aliphatic heterocycles. The van der Waals surface area contributed by atoms with Crippen molar-refractivity contribution >= 4 is 22.6 Å². The molecule has 3 aromatic rings. The third kappa shape index (κ3) is 3.32. The summed E-state index contributed by atoms with van der Waals surface area (Å²) in [5.41, 5.74) is 2.78. The van der Waals surface area contributed by atoms with Gasteiger partial charge in [-0.15, -0.1) is 0 Å². The van der Waals surface area contributed by atoms with Gasteiger partial charge in [0.15, 0.2) is 0 Å². The summed E-state index contributed by atoms with van der Waals surface area (Å²) in [7, 11) is 2.03. The first-order valence-electron chi connectivity index (χ1n) is 8.31. The standard InChI is InChI=1S/C18H23N5O/c1-4-5-18(24)20-14-6-7-16-15(12-14)21-17(22(16)3)8-10-23-11-9-19-13(23)2/h6-7,9,11-12H,4-5,8,10H2,1-3H3,(H,20,24). The molecule has 0 saturated heterocycles. The zero-order valence-electron chi connectivity index (χ0n) is 14.4. The third-order valence-corrected chi connectivity index (χ3v) is 4.23. The fourth-order valence-corrected chi connectivity index (χ4v) is 2.86. The summed E-state index contributed by atoms with van der Waals surface area (Å²) in [6.45, 7) is 4.85. The highest BCUT2D eigenvalue weighted by Crippen LogP contribution is 2.20. The SMILES string of the molecule is CCCC(=O)Nc1ccc2c(c1)nc(CCn1ccnc1C)n2C. The van der Waals surface area contributed by atoms with Crippen molar-refractivity contribution in [2.24, 2.45) is 7.05 Å². The number of anilines is 1. The lowest BCUT2D eigenvalue weighted by Crippen LogP contribution is -2.10. The Morgan fingerprint density at radius 2 is 2.17 bits per heavy atom. The van der Waals surface area contributed by atoms with Crippen LogP contribution in [-0.4, -0.2) is 25.0 Å². The summed E-state index contributed by atoms with van der Waals surface area (Å²) < 4.78 is 4.23. The van der Waals surface area contributed by atoms with E-state index >= 15 is 0 Å². The summed E-state index contributed by atoms with van der Waals surface area (Å²) in [6, 6.07) is 5.88. The number of fused-ring (bicyclic) bond motifs is 1. The fraction of sp³-hybridized carbons (Fsp3) is 0.389. The molecule has 0 saturated carbocycles. The Bertz CT molecular complexity index is 862. The van der Waals surface area contributed by atoms with Crippen molar-refractivity contribution in [2.75, 3.05) is 5.32 Å². The number of rotatable bonds is 6. The molecule has 1 N–H and O–H groups in total. The lowest BCUT2D eigenvalue weighted by Gasteiger charge is -2.05. The van der Waals surface area contributed by atoms with Gasteiger partial charge in [-0.25, -0.2) is 9.97 Å². The Hall–Kier alpha value is -2.63. The van der Waals surface area contributed by atoms with Crippen molar-refractivity contribution in [3.8, 4) is 0 Å². The molecule has 0 aliphatic carbocycles. The van der Waals surface area contributed by atoms with Gasteiger partial charge in [0.25, 0.3) is 0 Å². The monoisotopic (exact) mass is 325 g/mol. The molecular weight excluding hydrogens is 302 g/mol. The van der Waals surface area contributed by atoms with E-state index < -0.39 is 0 Å². The molecule has 6 nitrogen and oxygen atoms in total. The molecular formula is C18H23N5O. The molecule has 0 radical (unpaired) electrons. The normalized spacial score (nSPS) is 11.1. The van der Waals surface area contributed by atoms with Gasteiger partial charge in [0.1, 0.15) is 11.6 Å². The molecule has 2 aromatic heterocycles. The summed E-state index contributed by atoms with van der Waals surface area (Å²) in [4.78, 5) is 20.7. The topological polar surface area (TPSA) is 64.7 Å². The van der Waals surface area contributed by atoms with Gasteiger partial charge < -0.3 is 14.5 Å². The maximum atomic E-state index is 11.7. The molecule has 3 rings (SSSR count). The van der Waals surface area contributed by atoms with E-state index in [2.05, 4.69) is 19.4 Å². The van der Waals surface area contributed by atoms with Crippen LogP contribution in [0.1, 0.15) is 31.4 Å². The van der Waals surface area contributed by atoms with Crippen molar-refractivity contribution in [1.29, 1.82) is 0 Å². The van der Waals surface area contributed by atoms with Gasteiger partial charge >= 0.3 is 0 Å². The maximum absolute atomic E-state index is 11.7. The summed E-state index contributed by atoms with van der Waals surface area (Å²) in [6.07, 6.45) is 6.01. The average Bonchev–Trinajstić information content (AvgIpc) is 3.09. The van der Waals surface area contributed by atoms with Crippen LogP contribution in [0.5, 0.6) is 0 Å². The van der Waals surface area contributed by atoms with E-state index in [4.69, 9.17) is 4.98 Å². The van der Waals surface area contributed by atoms with E-state index in [1.165, 1.54) is 0 Å². The third-order valence-electron chi connectivity index (χ3n) is 4.23. The van der Waals surface area contributed by atoms with Gasteiger partial charge in [0, 0.05) is 44.5 Å². The van der Waals surface area contributed by atoms with Crippen LogP contribution in [0, 0.1) is 6.92 Å². The highest BCUT2D eigenvalue weighted by Gasteiger charge is 2.10. The first-order chi connectivity index (χ1) is 11.6. The van der Waals surface area contributed by atoms with Gasteiger partial charge in [-0.3, -0.25) is 4.79 Å². The predicted octanol–water partition coefficient (Wildman–Crippen LogP) is 3.06. The van der Waals surface area contributed by atoms with Crippen LogP contribution < -0.4 is 5.32 Å². The molecule has 126 valence electrons. The highest BCUT2D eigenvalue weighted by molar-refractivity contribution is 5.93. The first-order valence-corrected chi connectivity index (χ1v) is 8.31. The molecule has 0 bridgehead atoms. The summed E-state index contributed by atoms with van der Waals surface area (Å²) in [5, 5.41) is 2.92. The Labute approximate surface area is 141 Å². The molecule has 0 unspecified atom stereocenters. The summed E-state index contributed by atoms with van der Waals surface area (Å²) in [5.74, 6) is 2.08. The van der Waals surface area contributed by atoms with E-state index in [-0.39, 0.29) is 5.91 Å². The van der Waals surface area contributed by atoms with Gasteiger partial charge in [0.2, 0.25) is 5.91 Å². The minimum Gasteiger partial charge on any atom is -0.335 e. The lowest BCUT2D eigenvalue weighted by atomic mass is 10.2. The van der Waals surface area contributed by atoms with Crippen LogP contribution in [-0.2, 0) is 24.8 Å².